The van der Waals surface area contributed by atoms with E-state index in [1.54, 1.807) is 12.1 Å². The van der Waals surface area contributed by atoms with E-state index in [0.29, 0.717) is 27.8 Å². The smallest absolute Gasteiger partial charge is 0.156 e. The summed E-state index contributed by atoms with van der Waals surface area (Å²) in [6.07, 6.45) is 4.00. The van der Waals surface area contributed by atoms with Gasteiger partial charge in [-0.3, -0.25) is 4.98 Å². The number of benzene rings is 3. The maximum Gasteiger partial charge on any atom is 0.156 e. The molecule has 0 amide bonds. The molecule has 4 aromatic rings. The van der Waals surface area contributed by atoms with Gasteiger partial charge in [0.05, 0.1) is 33.9 Å². The number of anilines is 1. The number of fused-ring (bicyclic) bond motifs is 1. The lowest BCUT2D eigenvalue weighted by atomic mass is 10.0. The molecule has 1 saturated heterocycles. The van der Waals surface area contributed by atoms with Gasteiger partial charge in [0.25, 0.3) is 0 Å². The number of rotatable bonds is 6. The molecule has 180 valence electrons. The first kappa shape index (κ1) is 22.6. The Morgan fingerprint density at radius 1 is 0.944 bits per heavy atom. The first-order valence-electron chi connectivity index (χ1n) is 12.1. The van der Waals surface area contributed by atoms with E-state index in [1.807, 2.05) is 36.5 Å². The molecule has 1 N–H and O–H groups in total. The molecule has 0 spiro atoms. The highest BCUT2D eigenvalue weighted by Gasteiger charge is 2.26. The van der Waals surface area contributed by atoms with Gasteiger partial charge < -0.3 is 19.7 Å². The summed E-state index contributed by atoms with van der Waals surface area (Å²) in [5.74, 6) is 2.50. The van der Waals surface area contributed by atoms with Crippen LogP contribution in [-0.4, -0.2) is 42.3 Å². The average molecular weight is 498 g/mol. The van der Waals surface area contributed by atoms with E-state index in [2.05, 4.69) is 33.4 Å². The van der Waals surface area contributed by atoms with Crippen molar-refractivity contribution in [1.29, 1.82) is 5.26 Å². The van der Waals surface area contributed by atoms with Gasteiger partial charge in [0.15, 0.2) is 5.75 Å². The molecule has 1 saturated carbocycles. The molecule has 2 aliphatic rings. The summed E-state index contributed by atoms with van der Waals surface area (Å²) >= 11 is 6.39. The Labute approximate surface area is 214 Å². The summed E-state index contributed by atoms with van der Waals surface area (Å²) in [6.45, 7) is 3.81. The predicted octanol–water partition coefficient (Wildman–Crippen LogP) is 5.56. The lowest BCUT2D eigenvalue weighted by Gasteiger charge is -2.28. The van der Waals surface area contributed by atoms with Gasteiger partial charge in [-0.25, -0.2) is 4.98 Å². The van der Waals surface area contributed by atoms with Gasteiger partial charge in [0.1, 0.15) is 23.4 Å². The van der Waals surface area contributed by atoms with Crippen molar-refractivity contribution in [3.63, 3.8) is 0 Å². The Kier molecular flexibility index (Phi) is 6.06. The molecule has 1 aliphatic heterocycles. The first-order chi connectivity index (χ1) is 17.7. The van der Waals surface area contributed by atoms with Crippen molar-refractivity contribution in [2.75, 3.05) is 31.1 Å². The number of hydrogen-bond donors (Lipinski definition) is 1. The number of halogens is 1. The van der Waals surface area contributed by atoms with Gasteiger partial charge in [-0.2, -0.15) is 5.26 Å². The highest BCUT2D eigenvalue weighted by atomic mass is 35.5. The number of piperazine rings is 1. The standard InChI is InChI=1S/C28H24ClN5O2/c29-24-15-23(13-20(16-30)28(24)36-22-6-7-22)35-21-4-1-18(2-5-21)19-3-8-25-26(14-19)32-17-27(33-25)34-11-9-31-10-12-34/h1-5,8,13-15,17,22,31H,6-7,9-12H2. The molecule has 0 bridgehead atoms. The average Bonchev–Trinajstić information content (AvgIpc) is 3.75. The van der Waals surface area contributed by atoms with Gasteiger partial charge >= 0.3 is 0 Å². The monoisotopic (exact) mass is 497 g/mol. The third-order valence-electron chi connectivity index (χ3n) is 6.34. The van der Waals surface area contributed by atoms with Crippen LogP contribution >= 0.6 is 11.6 Å². The quantitative estimate of drug-likeness (QED) is 0.373. The second kappa shape index (κ2) is 9.65. The summed E-state index contributed by atoms with van der Waals surface area (Å²) in [5, 5.41) is 13.3. The molecule has 36 heavy (non-hydrogen) atoms. The first-order valence-corrected chi connectivity index (χ1v) is 12.5. The van der Waals surface area contributed by atoms with Gasteiger partial charge in [-0.1, -0.05) is 29.8 Å². The highest BCUT2D eigenvalue weighted by Crippen LogP contribution is 2.38. The largest absolute Gasteiger partial charge is 0.487 e. The molecule has 8 heteroatoms. The van der Waals surface area contributed by atoms with Crippen molar-refractivity contribution in [2.24, 2.45) is 0 Å². The zero-order valence-electron chi connectivity index (χ0n) is 19.6. The Morgan fingerprint density at radius 2 is 1.72 bits per heavy atom. The number of aromatic nitrogens is 2. The van der Waals surface area contributed by atoms with Crippen molar-refractivity contribution in [3.05, 3.63) is 71.4 Å². The summed E-state index contributed by atoms with van der Waals surface area (Å²) in [5.41, 5.74) is 4.21. The van der Waals surface area contributed by atoms with E-state index in [-0.39, 0.29) is 6.10 Å². The van der Waals surface area contributed by atoms with Crippen LogP contribution in [0.15, 0.2) is 60.8 Å². The predicted molar refractivity (Wildman–Crippen MR) is 140 cm³/mol. The van der Waals surface area contributed by atoms with Crippen molar-refractivity contribution >= 4 is 28.5 Å². The van der Waals surface area contributed by atoms with E-state index in [4.69, 9.17) is 26.1 Å². The molecule has 0 atom stereocenters. The Balaban J connectivity index is 1.19. The minimum absolute atomic E-state index is 0.157. The van der Waals surface area contributed by atoms with Crippen LogP contribution in [0.1, 0.15) is 18.4 Å². The lowest BCUT2D eigenvalue weighted by Crippen LogP contribution is -2.43. The number of hydrogen-bond acceptors (Lipinski definition) is 7. The number of nitrogens with zero attached hydrogens (tertiary/aromatic N) is 4. The number of nitrogens with one attached hydrogen (secondary N) is 1. The molecule has 7 nitrogen and oxygen atoms in total. The molecular formula is C28H24ClN5O2. The fourth-order valence-corrected chi connectivity index (χ4v) is 4.52. The molecule has 3 aromatic carbocycles. The third kappa shape index (κ3) is 4.78. The zero-order valence-corrected chi connectivity index (χ0v) is 20.3. The van der Waals surface area contributed by atoms with Crippen molar-refractivity contribution in [2.45, 2.75) is 18.9 Å². The van der Waals surface area contributed by atoms with Gasteiger partial charge in [-0.15, -0.1) is 0 Å². The van der Waals surface area contributed by atoms with E-state index < -0.39 is 0 Å². The topological polar surface area (TPSA) is 83.3 Å². The second-order valence-electron chi connectivity index (χ2n) is 9.01. The van der Waals surface area contributed by atoms with Crippen LogP contribution in [-0.2, 0) is 0 Å². The molecule has 2 heterocycles. The van der Waals surface area contributed by atoms with E-state index >= 15 is 0 Å². The van der Waals surface area contributed by atoms with Crippen LogP contribution in [0, 0.1) is 11.3 Å². The third-order valence-corrected chi connectivity index (χ3v) is 6.62. The normalized spacial score (nSPS) is 15.5. The summed E-state index contributed by atoms with van der Waals surface area (Å²) < 4.78 is 11.8. The van der Waals surface area contributed by atoms with E-state index in [9.17, 15) is 5.26 Å². The summed E-state index contributed by atoms with van der Waals surface area (Å²) in [7, 11) is 0. The minimum Gasteiger partial charge on any atom is -0.487 e. The Bertz CT molecular complexity index is 1460. The van der Waals surface area contributed by atoms with Crippen molar-refractivity contribution < 1.29 is 9.47 Å². The molecular weight excluding hydrogens is 474 g/mol. The fourth-order valence-electron chi connectivity index (χ4n) is 4.26. The van der Waals surface area contributed by atoms with Crippen LogP contribution in [0.4, 0.5) is 5.82 Å². The Morgan fingerprint density at radius 3 is 2.47 bits per heavy atom. The van der Waals surface area contributed by atoms with Gasteiger partial charge in [0.2, 0.25) is 0 Å². The highest BCUT2D eigenvalue weighted by molar-refractivity contribution is 6.32. The molecule has 0 unspecified atom stereocenters. The summed E-state index contributed by atoms with van der Waals surface area (Å²) in [6, 6.07) is 19.4. The maximum absolute atomic E-state index is 9.53. The molecule has 0 radical (unpaired) electrons. The van der Waals surface area contributed by atoms with Crippen LogP contribution < -0.4 is 19.7 Å². The fraction of sp³-hybridized carbons (Fsp3) is 0.250. The van der Waals surface area contributed by atoms with Crippen LogP contribution in [0.2, 0.25) is 5.02 Å². The second-order valence-corrected chi connectivity index (χ2v) is 9.41. The van der Waals surface area contributed by atoms with Crippen molar-refractivity contribution in [3.8, 4) is 34.4 Å². The Hall–Kier alpha value is -3.86. The number of nitriles is 1. The van der Waals surface area contributed by atoms with Crippen molar-refractivity contribution in [1.82, 2.24) is 15.3 Å². The molecule has 6 rings (SSSR count). The van der Waals surface area contributed by atoms with E-state index in [1.165, 1.54) is 0 Å². The van der Waals surface area contributed by atoms with Crippen LogP contribution in [0.3, 0.4) is 0 Å². The number of ether oxygens (including phenoxy) is 2. The van der Waals surface area contributed by atoms with Gasteiger partial charge in [0, 0.05) is 38.3 Å². The maximum atomic E-state index is 9.53. The SMILES string of the molecule is N#Cc1cc(Oc2ccc(-c3ccc4nc(N5CCNCC5)cnc4c3)cc2)cc(Cl)c1OC1CC1. The lowest BCUT2D eigenvalue weighted by molar-refractivity contribution is 0.302. The van der Waals surface area contributed by atoms with Crippen LogP contribution in [0.25, 0.3) is 22.2 Å². The molecule has 2 fully saturated rings. The van der Waals surface area contributed by atoms with Crippen LogP contribution in [0.5, 0.6) is 17.2 Å². The molecule has 1 aromatic heterocycles. The zero-order chi connectivity index (χ0) is 24.5. The minimum atomic E-state index is 0.157. The van der Waals surface area contributed by atoms with Gasteiger partial charge in [-0.05, 0) is 48.2 Å². The van der Waals surface area contributed by atoms with E-state index in [0.717, 1.165) is 67.0 Å². The summed E-state index contributed by atoms with van der Waals surface area (Å²) in [4.78, 5) is 11.7. The molecule has 1 aliphatic carbocycles.